The van der Waals surface area contributed by atoms with Crippen LogP contribution in [0.3, 0.4) is 0 Å². The number of rotatable bonds is 9. The number of para-hydroxylation sites is 1. The molecule has 2 aromatic carbocycles. The predicted octanol–water partition coefficient (Wildman–Crippen LogP) is 3.53. The Kier molecular flexibility index (Phi) is 9.97. The molecule has 3 N–H and O–H groups in total. The number of amides is 3. The van der Waals surface area contributed by atoms with Crippen molar-refractivity contribution in [2.24, 2.45) is 0 Å². The summed E-state index contributed by atoms with van der Waals surface area (Å²) in [5.41, 5.74) is 0.901. The molecule has 0 saturated carbocycles. The van der Waals surface area contributed by atoms with E-state index in [0.29, 0.717) is 5.69 Å². The van der Waals surface area contributed by atoms with Crippen LogP contribution in [0.25, 0.3) is 0 Å². The van der Waals surface area contributed by atoms with Crippen LogP contribution in [0.1, 0.15) is 46.6 Å². The van der Waals surface area contributed by atoms with E-state index in [1.807, 2.05) is 26.8 Å². The van der Waals surface area contributed by atoms with Gasteiger partial charge in [-0.15, -0.1) is 0 Å². The second-order valence-electron chi connectivity index (χ2n) is 9.47. The van der Waals surface area contributed by atoms with E-state index in [1.165, 1.54) is 13.8 Å². The summed E-state index contributed by atoms with van der Waals surface area (Å²) in [5.74, 6) is -12.2. The number of halogens is 4. The fourth-order valence-electron chi connectivity index (χ4n) is 3.38. The summed E-state index contributed by atoms with van der Waals surface area (Å²) >= 11 is 0. The third kappa shape index (κ3) is 7.53. The maximum absolute atomic E-state index is 13.7. The molecule has 2 unspecified atom stereocenters. The lowest BCUT2D eigenvalue weighted by Crippen LogP contribution is -2.52. The van der Waals surface area contributed by atoms with Gasteiger partial charge in [0.1, 0.15) is 12.6 Å². The summed E-state index contributed by atoms with van der Waals surface area (Å²) < 4.78 is 58.8. The van der Waals surface area contributed by atoms with E-state index in [-0.39, 0.29) is 17.9 Å². The van der Waals surface area contributed by atoms with Gasteiger partial charge in [0.15, 0.2) is 23.2 Å². The molecule has 0 radical (unpaired) electrons. The Morgan fingerprint density at radius 1 is 0.921 bits per heavy atom. The number of hydrogen-bond donors (Lipinski definition) is 3. The fourth-order valence-corrected chi connectivity index (χ4v) is 3.38. The quantitative estimate of drug-likeness (QED) is 0.256. The van der Waals surface area contributed by atoms with Crippen molar-refractivity contribution in [3.63, 3.8) is 0 Å². The summed E-state index contributed by atoms with van der Waals surface area (Å²) in [4.78, 5) is 49.7. The highest BCUT2D eigenvalue weighted by Crippen LogP contribution is 2.29. The van der Waals surface area contributed by atoms with Gasteiger partial charge in [0.05, 0.1) is 6.04 Å². The Morgan fingerprint density at radius 3 is 2.05 bits per heavy atom. The lowest BCUT2D eigenvalue weighted by molar-refractivity contribution is -0.138. The number of ketones is 1. The molecule has 0 aliphatic carbocycles. The van der Waals surface area contributed by atoms with Crippen LogP contribution >= 0.6 is 0 Å². The topological polar surface area (TPSA) is 114 Å². The van der Waals surface area contributed by atoms with Gasteiger partial charge in [0.2, 0.25) is 17.5 Å². The van der Waals surface area contributed by atoms with Gasteiger partial charge in [0, 0.05) is 11.8 Å². The highest BCUT2D eigenvalue weighted by Gasteiger charge is 2.27. The van der Waals surface area contributed by atoms with Gasteiger partial charge in [-0.05, 0) is 30.4 Å². The zero-order valence-corrected chi connectivity index (χ0v) is 21.5. The maximum Gasteiger partial charge on any atom is 0.313 e. The van der Waals surface area contributed by atoms with E-state index >= 15 is 0 Å². The van der Waals surface area contributed by atoms with Crippen LogP contribution in [0.15, 0.2) is 30.3 Å². The lowest BCUT2D eigenvalue weighted by Gasteiger charge is -2.23. The Labute approximate surface area is 217 Å². The first-order chi connectivity index (χ1) is 17.7. The zero-order valence-electron chi connectivity index (χ0n) is 21.5. The van der Waals surface area contributed by atoms with Crippen molar-refractivity contribution in [2.75, 3.05) is 11.9 Å². The van der Waals surface area contributed by atoms with E-state index in [4.69, 9.17) is 0 Å². The molecule has 0 aliphatic heterocycles. The number of carbonyl (C=O) groups is 4. The molecule has 0 fully saturated rings. The highest BCUT2D eigenvalue weighted by molar-refractivity contribution is 6.40. The third-order valence-corrected chi connectivity index (χ3v) is 5.47. The van der Waals surface area contributed by atoms with Crippen LogP contribution in [0, 0.1) is 23.3 Å². The van der Waals surface area contributed by atoms with Gasteiger partial charge in [-0.2, -0.15) is 8.78 Å². The molecular formula is C26H29F4N3O5. The summed E-state index contributed by atoms with van der Waals surface area (Å²) in [5, 5.41) is 7.06. The summed E-state index contributed by atoms with van der Waals surface area (Å²) in [6.07, 6.45) is 0.0150. The number of benzene rings is 2. The van der Waals surface area contributed by atoms with E-state index in [0.717, 1.165) is 5.56 Å². The number of ether oxygens (including phenoxy) is 1. The van der Waals surface area contributed by atoms with Crippen molar-refractivity contribution < 1.29 is 41.5 Å². The Bertz CT molecular complexity index is 1200. The van der Waals surface area contributed by atoms with Crippen molar-refractivity contribution in [3.05, 3.63) is 59.2 Å². The first-order valence-corrected chi connectivity index (χ1v) is 11.7. The predicted molar refractivity (Wildman–Crippen MR) is 130 cm³/mol. The molecule has 3 amide bonds. The van der Waals surface area contributed by atoms with Crippen molar-refractivity contribution in [3.8, 4) is 5.75 Å². The Morgan fingerprint density at radius 2 is 1.50 bits per heavy atom. The average molecular weight is 540 g/mol. The van der Waals surface area contributed by atoms with Gasteiger partial charge in [-0.3, -0.25) is 19.2 Å². The largest absolute Gasteiger partial charge is 0.479 e. The van der Waals surface area contributed by atoms with Crippen LogP contribution in [-0.4, -0.2) is 42.2 Å². The molecule has 0 bridgehead atoms. The number of hydrogen-bond acceptors (Lipinski definition) is 5. The van der Waals surface area contributed by atoms with E-state index in [9.17, 15) is 36.7 Å². The molecule has 0 spiro atoms. The van der Waals surface area contributed by atoms with Gasteiger partial charge in [-0.1, -0.05) is 45.9 Å². The normalized spacial score (nSPS) is 12.8. The second-order valence-corrected chi connectivity index (χ2v) is 9.47. The first-order valence-electron chi connectivity index (χ1n) is 11.7. The van der Waals surface area contributed by atoms with Gasteiger partial charge < -0.3 is 20.7 Å². The Hall–Kier alpha value is -3.96. The Balaban J connectivity index is 1.97. The van der Waals surface area contributed by atoms with Gasteiger partial charge in [0.25, 0.3) is 0 Å². The molecule has 2 atom stereocenters. The second kappa shape index (κ2) is 12.5. The summed E-state index contributed by atoms with van der Waals surface area (Å²) in [6.45, 7) is 7.58. The molecule has 0 saturated heterocycles. The summed E-state index contributed by atoms with van der Waals surface area (Å²) in [6, 6.07) is 4.45. The van der Waals surface area contributed by atoms with Crippen LogP contribution < -0.4 is 20.7 Å². The van der Waals surface area contributed by atoms with Gasteiger partial charge in [-0.25, -0.2) is 8.78 Å². The molecule has 2 rings (SSSR count). The summed E-state index contributed by atoms with van der Waals surface area (Å²) in [7, 11) is 0. The molecule has 0 heterocycles. The van der Waals surface area contributed by atoms with E-state index in [2.05, 4.69) is 20.7 Å². The van der Waals surface area contributed by atoms with Crippen molar-refractivity contribution >= 4 is 29.2 Å². The first kappa shape index (κ1) is 30.3. The molecular weight excluding hydrogens is 510 g/mol. The number of anilines is 1. The monoisotopic (exact) mass is 539 g/mol. The van der Waals surface area contributed by atoms with E-state index < -0.39 is 71.2 Å². The lowest BCUT2D eigenvalue weighted by atomic mass is 9.86. The van der Waals surface area contributed by atoms with Crippen LogP contribution in [0.5, 0.6) is 5.75 Å². The molecule has 2 aromatic rings. The molecule has 0 aromatic heterocycles. The average Bonchev–Trinajstić information content (AvgIpc) is 2.85. The highest BCUT2D eigenvalue weighted by atomic mass is 19.2. The minimum absolute atomic E-state index is 0.00624. The zero-order chi connectivity index (χ0) is 28.8. The van der Waals surface area contributed by atoms with Gasteiger partial charge >= 0.3 is 11.8 Å². The third-order valence-electron chi connectivity index (χ3n) is 5.47. The van der Waals surface area contributed by atoms with Crippen LogP contribution in [0.4, 0.5) is 23.2 Å². The number of Topliss-reactive ketones (excluding diaryl/α,β-unsaturated/α-hetero) is 1. The minimum atomic E-state index is -1.81. The van der Waals surface area contributed by atoms with Crippen molar-refractivity contribution in [1.82, 2.24) is 10.6 Å². The number of carbonyl (C=O) groups excluding carboxylic acids is 4. The molecule has 38 heavy (non-hydrogen) atoms. The van der Waals surface area contributed by atoms with Crippen LogP contribution in [-0.2, 0) is 24.6 Å². The molecule has 206 valence electrons. The smallest absolute Gasteiger partial charge is 0.313 e. The maximum atomic E-state index is 13.7. The van der Waals surface area contributed by atoms with E-state index in [1.54, 1.807) is 18.2 Å². The number of nitrogens with one attached hydrogen (secondary N) is 3. The van der Waals surface area contributed by atoms with Crippen molar-refractivity contribution in [1.29, 1.82) is 0 Å². The van der Waals surface area contributed by atoms with Crippen molar-refractivity contribution in [2.45, 2.75) is 58.5 Å². The fraction of sp³-hybridized carbons (Fsp3) is 0.385. The SMILES string of the molecule is CCC(NC(=O)C(C)NC(=O)C(=O)Nc1ccccc1C(C)(C)C)C(=O)COc1c(F)c(F)cc(F)c1F. The molecule has 8 nitrogen and oxygen atoms in total. The molecule has 0 aliphatic rings. The standard InChI is InChI=1S/C26H29F4N3O5/c1-6-17(19(34)12-38-22-20(29)15(27)11-16(28)21(22)30)32-23(35)13(2)31-24(36)25(37)33-18-10-8-7-9-14(18)26(3,4)5/h7-11,13,17H,6,12H2,1-5H3,(H,31,36)(H,32,35)(H,33,37). The van der Waals surface area contributed by atoms with Crippen LogP contribution in [0.2, 0.25) is 0 Å². The minimum Gasteiger partial charge on any atom is -0.479 e. The molecule has 12 heteroatoms.